The molecule has 26 heavy (non-hydrogen) atoms. The van der Waals surface area contributed by atoms with Crippen LogP contribution in [0.25, 0.3) is 11.0 Å². The second-order valence-electron chi connectivity index (χ2n) is 5.53. The highest BCUT2D eigenvalue weighted by Gasteiger charge is 2.30. The number of para-hydroxylation sites is 2. The number of amides is 1. The van der Waals surface area contributed by atoms with E-state index in [0.29, 0.717) is 12.5 Å². The average Bonchev–Trinajstić information content (AvgIpc) is 2.96. The molecule has 136 valence electrons. The van der Waals surface area contributed by atoms with Crippen molar-refractivity contribution < 1.29 is 22.7 Å². The lowest BCUT2D eigenvalue weighted by Crippen LogP contribution is -2.22. The lowest BCUT2D eigenvalue weighted by atomic mass is 10.2. The van der Waals surface area contributed by atoms with Crippen molar-refractivity contribution >= 4 is 22.9 Å². The Morgan fingerprint density at radius 2 is 1.96 bits per heavy atom. The summed E-state index contributed by atoms with van der Waals surface area (Å²) in [4.78, 5) is 16.5. The number of hydrogen-bond acceptors (Lipinski definition) is 3. The van der Waals surface area contributed by atoms with Gasteiger partial charge in [0.05, 0.1) is 16.6 Å². The third kappa shape index (κ3) is 3.79. The first-order valence-electron chi connectivity index (χ1n) is 7.93. The van der Waals surface area contributed by atoms with E-state index in [1.165, 1.54) is 12.1 Å². The summed E-state index contributed by atoms with van der Waals surface area (Å²) in [5.74, 6) is -0.169. The number of aryl methyl sites for hydroxylation is 1. The van der Waals surface area contributed by atoms with Gasteiger partial charge in [-0.05, 0) is 37.3 Å². The maximum absolute atomic E-state index is 12.7. The van der Waals surface area contributed by atoms with Gasteiger partial charge in [-0.2, -0.15) is 13.2 Å². The zero-order chi connectivity index (χ0) is 18.7. The minimum atomic E-state index is -4.46. The number of rotatable bonds is 5. The van der Waals surface area contributed by atoms with Crippen molar-refractivity contribution in [3.8, 4) is 5.75 Å². The largest absolute Gasteiger partial charge is 0.484 e. The number of ether oxygens (including phenoxy) is 1. The van der Waals surface area contributed by atoms with Crippen molar-refractivity contribution in [2.45, 2.75) is 19.6 Å². The topological polar surface area (TPSA) is 56.2 Å². The lowest BCUT2D eigenvalue weighted by Gasteiger charge is -2.11. The average molecular weight is 363 g/mol. The molecule has 0 fully saturated rings. The summed E-state index contributed by atoms with van der Waals surface area (Å²) in [6.45, 7) is 2.10. The monoisotopic (exact) mass is 363 g/mol. The fraction of sp³-hybridized carbons (Fsp3) is 0.222. The number of fused-ring (bicyclic) bond motifs is 1. The van der Waals surface area contributed by atoms with Gasteiger partial charge in [-0.3, -0.25) is 10.1 Å². The molecule has 2 aromatic carbocycles. The first-order valence-corrected chi connectivity index (χ1v) is 7.93. The number of aromatic nitrogens is 2. The molecule has 0 aliphatic heterocycles. The Balaban J connectivity index is 1.69. The molecule has 0 aliphatic rings. The van der Waals surface area contributed by atoms with Gasteiger partial charge in [0.2, 0.25) is 5.95 Å². The maximum atomic E-state index is 12.7. The summed E-state index contributed by atoms with van der Waals surface area (Å²) < 4.78 is 45.1. The van der Waals surface area contributed by atoms with Crippen molar-refractivity contribution in [3.05, 3.63) is 54.1 Å². The molecule has 3 aromatic rings. The molecule has 0 radical (unpaired) electrons. The van der Waals surface area contributed by atoms with Crippen LogP contribution in [-0.4, -0.2) is 22.1 Å². The molecule has 0 saturated heterocycles. The highest BCUT2D eigenvalue weighted by molar-refractivity contribution is 5.92. The van der Waals surface area contributed by atoms with Gasteiger partial charge >= 0.3 is 6.18 Å². The lowest BCUT2D eigenvalue weighted by molar-refractivity contribution is -0.137. The van der Waals surface area contributed by atoms with E-state index in [4.69, 9.17) is 4.74 Å². The van der Waals surface area contributed by atoms with Crippen LogP contribution in [0, 0.1) is 0 Å². The predicted molar refractivity (Wildman–Crippen MR) is 91.0 cm³/mol. The molecule has 8 heteroatoms. The number of hydrogen-bond donors (Lipinski definition) is 1. The Hall–Kier alpha value is -3.03. The van der Waals surface area contributed by atoms with Crippen molar-refractivity contribution in [1.82, 2.24) is 9.55 Å². The van der Waals surface area contributed by atoms with E-state index >= 15 is 0 Å². The van der Waals surface area contributed by atoms with Gasteiger partial charge in [0.15, 0.2) is 6.61 Å². The Morgan fingerprint density at radius 1 is 1.19 bits per heavy atom. The van der Waals surface area contributed by atoms with E-state index in [9.17, 15) is 18.0 Å². The Bertz CT molecular complexity index is 935. The zero-order valence-electron chi connectivity index (χ0n) is 13.9. The van der Waals surface area contributed by atoms with Crippen LogP contribution in [0.15, 0.2) is 48.5 Å². The van der Waals surface area contributed by atoms with E-state index in [2.05, 4.69) is 10.3 Å². The fourth-order valence-electron chi connectivity index (χ4n) is 2.56. The van der Waals surface area contributed by atoms with Gasteiger partial charge in [-0.15, -0.1) is 0 Å². The Labute approximate surface area is 147 Å². The Morgan fingerprint density at radius 3 is 2.69 bits per heavy atom. The molecular weight excluding hydrogens is 347 g/mol. The number of nitrogens with zero attached hydrogens (tertiary/aromatic N) is 2. The van der Waals surface area contributed by atoms with E-state index in [1.807, 2.05) is 35.8 Å². The maximum Gasteiger partial charge on any atom is 0.416 e. The molecule has 0 unspecified atom stereocenters. The quantitative estimate of drug-likeness (QED) is 0.743. The molecule has 1 N–H and O–H groups in total. The molecule has 1 aromatic heterocycles. The number of carbonyl (C=O) groups is 1. The molecule has 3 rings (SSSR count). The summed E-state index contributed by atoms with van der Waals surface area (Å²) in [7, 11) is 0. The van der Waals surface area contributed by atoms with Gasteiger partial charge in [0.1, 0.15) is 5.75 Å². The molecule has 1 amide bonds. The van der Waals surface area contributed by atoms with Gasteiger partial charge in [0, 0.05) is 6.54 Å². The SMILES string of the molecule is CCn1c(NC(=O)COc2cccc(C(F)(F)F)c2)nc2ccccc21. The minimum absolute atomic E-state index is 0.0287. The molecule has 1 heterocycles. The third-order valence-electron chi connectivity index (χ3n) is 3.75. The number of anilines is 1. The number of nitrogens with one attached hydrogen (secondary N) is 1. The van der Waals surface area contributed by atoms with Crippen LogP contribution in [0.4, 0.5) is 19.1 Å². The van der Waals surface area contributed by atoms with E-state index < -0.39 is 24.3 Å². The zero-order valence-corrected chi connectivity index (χ0v) is 13.9. The molecule has 0 atom stereocenters. The number of carbonyl (C=O) groups excluding carboxylic acids is 1. The smallest absolute Gasteiger partial charge is 0.416 e. The molecule has 0 aliphatic carbocycles. The van der Waals surface area contributed by atoms with Crippen molar-refractivity contribution in [3.63, 3.8) is 0 Å². The Kier molecular flexibility index (Phi) is 4.83. The first kappa shape index (κ1) is 17.8. The summed E-state index contributed by atoms with van der Waals surface area (Å²) in [6.07, 6.45) is -4.46. The van der Waals surface area contributed by atoms with Crippen LogP contribution >= 0.6 is 0 Å². The standard InChI is InChI=1S/C18H16F3N3O2/c1-2-24-15-9-4-3-8-14(15)22-17(24)23-16(25)11-26-13-7-5-6-12(10-13)18(19,20)21/h3-10H,2,11H2,1H3,(H,22,23,25). The van der Waals surface area contributed by atoms with Crippen molar-refractivity contribution in [2.24, 2.45) is 0 Å². The molecule has 0 bridgehead atoms. The van der Waals surface area contributed by atoms with Gasteiger partial charge in [-0.1, -0.05) is 18.2 Å². The van der Waals surface area contributed by atoms with Crippen LogP contribution in [0.5, 0.6) is 5.75 Å². The normalized spacial score (nSPS) is 11.5. The first-order chi connectivity index (χ1) is 12.4. The summed E-state index contributed by atoms with van der Waals surface area (Å²) in [6, 6.07) is 11.8. The molecular formula is C18H16F3N3O2. The van der Waals surface area contributed by atoms with Crippen molar-refractivity contribution in [2.75, 3.05) is 11.9 Å². The van der Waals surface area contributed by atoms with Gasteiger partial charge < -0.3 is 9.30 Å². The van der Waals surface area contributed by atoms with Gasteiger partial charge in [0.25, 0.3) is 5.91 Å². The van der Waals surface area contributed by atoms with E-state index in [-0.39, 0.29) is 5.75 Å². The number of imidazole rings is 1. The van der Waals surface area contributed by atoms with E-state index in [1.54, 1.807) is 0 Å². The van der Waals surface area contributed by atoms with Crippen LogP contribution < -0.4 is 10.1 Å². The number of halogens is 3. The molecule has 0 spiro atoms. The predicted octanol–water partition coefficient (Wildman–Crippen LogP) is 4.09. The summed E-state index contributed by atoms with van der Waals surface area (Å²) in [5.41, 5.74) is 0.788. The highest BCUT2D eigenvalue weighted by atomic mass is 19.4. The van der Waals surface area contributed by atoms with Crippen LogP contribution in [0.3, 0.4) is 0 Å². The van der Waals surface area contributed by atoms with Gasteiger partial charge in [-0.25, -0.2) is 4.98 Å². The minimum Gasteiger partial charge on any atom is -0.484 e. The van der Waals surface area contributed by atoms with Crippen LogP contribution in [0.2, 0.25) is 0 Å². The fourth-order valence-corrected chi connectivity index (χ4v) is 2.56. The molecule has 5 nitrogen and oxygen atoms in total. The highest BCUT2D eigenvalue weighted by Crippen LogP contribution is 2.31. The number of alkyl halides is 3. The summed E-state index contributed by atoms with van der Waals surface area (Å²) in [5, 5.41) is 2.63. The van der Waals surface area contributed by atoms with E-state index in [0.717, 1.165) is 23.2 Å². The van der Waals surface area contributed by atoms with Crippen LogP contribution in [0.1, 0.15) is 12.5 Å². The van der Waals surface area contributed by atoms with Crippen molar-refractivity contribution in [1.29, 1.82) is 0 Å². The summed E-state index contributed by atoms with van der Waals surface area (Å²) >= 11 is 0. The second kappa shape index (κ2) is 7.07. The third-order valence-corrected chi connectivity index (χ3v) is 3.75. The second-order valence-corrected chi connectivity index (χ2v) is 5.53. The number of benzene rings is 2. The van der Waals surface area contributed by atoms with Crippen LogP contribution in [-0.2, 0) is 17.5 Å². The molecule has 0 saturated carbocycles.